The second-order valence-electron chi connectivity index (χ2n) is 6.58. The molecule has 0 saturated carbocycles. The van der Waals surface area contributed by atoms with Gasteiger partial charge in [-0.2, -0.15) is 5.10 Å². The lowest BCUT2D eigenvalue weighted by atomic mass is 10.0. The van der Waals surface area contributed by atoms with Gasteiger partial charge >= 0.3 is 0 Å². The Hall–Kier alpha value is -2.88. The predicted molar refractivity (Wildman–Crippen MR) is 101 cm³/mol. The summed E-state index contributed by atoms with van der Waals surface area (Å²) >= 11 is 0. The van der Waals surface area contributed by atoms with Crippen molar-refractivity contribution in [3.8, 4) is 11.1 Å². The fourth-order valence-electron chi connectivity index (χ4n) is 2.75. The van der Waals surface area contributed by atoms with Crippen molar-refractivity contribution in [3.63, 3.8) is 0 Å². The van der Waals surface area contributed by atoms with Crippen LogP contribution in [0, 0.1) is 5.92 Å². The van der Waals surface area contributed by atoms with Crippen LogP contribution in [0.4, 0.5) is 5.82 Å². The average molecular weight is 333 g/mol. The molecule has 0 radical (unpaired) electrons. The number of anilines is 1. The van der Waals surface area contributed by atoms with E-state index in [0.717, 1.165) is 23.5 Å². The molecule has 0 aliphatic heterocycles. The lowest BCUT2D eigenvalue weighted by molar-refractivity contribution is -0.115. The van der Waals surface area contributed by atoms with Crippen LogP contribution in [0.1, 0.15) is 19.4 Å². The van der Waals surface area contributed by atoms with Crippen LogP contribution in [0.2, 0.25) is 0 Å². The molecule has 1 amide bonds. The Labute approximate surface area is 148 Å². The Morgan fingerprint density at radius 3 is 2.36 bits per heavy atom. The topological polar surface area (TPSA) is 46.9 Å². The average Bonchev–Trinajstić information content (AvgIpc) is 3.02. The fraction of sp³-hybridized carbons (Fsp3) is 0.238. The third-order valence-corrected chi connectivity index (χ3v) is 3.95. The molecule has 4 nitrogen and oxygen atoms in total. The van der Waals surface area contributed by atoms with Crippen molar-refractivity contribution in [3.05, 3.63) is 72.4 Å². The number of nitrogens with zero attached hydrogens (tertiary/aromatic N) is 2. The lowest BCUT2D eigenvalue weighted by Gasteiger charge is -2.11. The second kappa shape index (κ2) is 7.79. The van der Waals surface area contributed by atoms with Gasteiger partial charge in [0.25, 0.3) is 0 Å². The number of amides is 1. The van der Waals surface area contributed by atoms with Crippen molar-refractivity contribution in [2.24, 2.45) is 5.92 Å². The van der Waals surface area contributed by atoms with Crippen molar-refractivity contribution in [2.75, 3.05) is 5.32 Å². The molecule has 0 spiro atoms. The van der Waals surface area contributed by atoms with Gasteiger partial charge < -0.3 is 5.32 Å². The zero-order valence-electron chi connectivity index (χ0n) is 14.6. The highest BCUT2D eigenvalue weighted by Crippen LogP contribution is 2.19. The van der Waals surface area contributed by atoms with E-state index in [1.807, 2.05) is 41.1 Å². The summed E-state index contributed by atoms with van der Waals surface area (Å²) in [5.41, 5.74) is 3.32. The Morgan fingerprint density at radius 2 is 1.68 bits per heavy atom. The number of carbonyl (C=O) groups excluding carboxylic acids is 1. The van der Waals surface area contributed by atoms with Crippen LogP contribution in [-0.2, 0) is 17.8 Å². The summed E-state index contributed by atoms with van der Waals surface area (Å²) in [5, 5.41) is 7.22. The maximum absolute atomic E-state index is 12.3. The summed E-state index contributed by atoms with van der Waals surface area (Å²) in [6.45, 7) is 5.04. The minimum atomic E-state index is -0.0297. The summed E-state index contributed by atoms with van der Waals surface area (Å²) in [6, 6.07) is 20.2. The molecule has 25 heavy (non-hydrogen) atoms. The maximum atomic E-state index is 12.3. The number of carbonyl (C=O) groups is 1. The van der Waals surface area contributed by atoms with E-state index in [9.17, 15) is 4.79 Å². The van der Waals surface area contributed by atoms with Gasteiger partial charge in [0.1, 0.15) is 5.82 Å². The highest BCUT2D eigenvalue weighted by Gasteiger charge is 2.09. The molecular weight excluding hydrogens is 310 g/mol. The summed E-state index contributed by atoms with van der Waals surface area (Å²) in [4.78, 5) is 12.3. The highest BCUT2D eigenvalue weighted by atomic mass is 16.1. The maximum Gasteiger partial charge on any atom is 0.229 e. The molecule has 4 heteroatoms. The van der Waals surface area contributed by atoms with Crippen LogP contribution in [-0.4, -0.2) is 15.7 Å². The predicted octanol–water partition coefficient (Wildman–Crippen LogP) is 4.39. The van der Waals surface area contributed by atoms with Gasteiger partial charge in [0.15, 0.2) is 0 Å². The van der Waals surface area contributed by atoms with Crippen molar-refractivity contribution in [2.45, 2.75) is 26.8 Å². The number of aromatic nitrogens is 2. The number of nitrogens with one attached hydrogen (secondary N) is 1. The van der Waals surface area contributed by atoms with Crippen LogP contribution >= 0.6 is 0 Å². The minimum Gasteiger partial charge on any atom is -0.311 e. The summed E-state index contributed by atoms with van der Waals surface area (Å²) in [6.07, 6.45) is 2.06. The van der Waals surface area contributed by atoms with Crippen LogP contribution in [0.5, 0.6) is 0 Å². The Morgan fingerprint density at radius 1 is 1.00 bits per heavy atom. The van der Waals surface area contributed by atoms with E-state index in [4.69, 9.17) is 0 Å². The first-order chi connectivity index (χ1) is 12.1. The van der Waals surface area contributed by atoms with E-state index in [1.165, 1.54) is 5.56 Å². The molecule has 0 aliphatic carbocycles. The Kier molecular flexibility index (Phi) is 5.29. The van der Waals surface area contributed by atoms with Crippen LogP contribution in [0.25, 0.3) is 11.1 Å². The van der Waals surface area contributed by atoms with E-state index in [2.05, 4.69) is 48.5 Å². The highest BCUT2D eigenvalue weighted by molar-refractivity contribution is 5.91. The molecule has 0 fully saturated rings. The first-order valence-corrected chi connectivity index (χ1v) is 8.58. The standard InChI is InChI=1S/C21H23N3O/c1-16(2)15-24-20(12-13-22-24)23-21(25)14-17-8-10-19(11-9-17)18-6-4-3-5-7-18/h3-13,16H,14-15H2,1-2H3,(H,23,25). The van der Waals surface area contributed by atoms with Gasteiger partial charge in [-0.25, -0.2) is 4.68 Å². The molecule has 0 unspecified atom stereocenters. The molecule has 2 aromatic carbocycles. The monoisotopic (exact) mass is 333 g/mol. The van der Waals surface area contributed by atoms with E-state index in [-0.39, 0.29) is 5.91 Å². The third kappa shape index (κ3) is 4.57. The summed E-state index contributed by atoms with van der Waals surface area (Å²) < 4.78 is 1.83. The SMILES string of the molecule is CC(C)Cn1nccc1NC(=O)Cc1ccc(-c2ccccc2)cc1. The quantitative estimate of drug-likeness (QED) is 0.727. The number of benzene rings is 2. The molecule has 1 aromatic heterocycles. The van der Waals surface area contributed by atoms with Crippen LogP contribution in [0.15, 0.2) is 66.9 Å². The largest absolute Gasteiger partial charge is 0.311 e. The lowest BCUT2D eigenvalue weighted by Crippen LogP contribution is -2.18. The minimum absolute atomic E-state index is 0.0297. The number of rotatable bonds is 6. The fourth-order valence-corrected chi connectivity index (χ4v) is 2.75. The van der Waals surface area contributed by atoms with E-state index >= 15 is 0 Å². The van der Waals surface area contributed by atoms with Crippen LogP contribution < -0.4 is 5.32 Å². The molecule has 3 rings (SSSR count). The van der Waals surface area contributed by atoms with Gasteiger partial charge in [0.05, 0.1) is 12.6 Å². The molecular formula is C21H23N3O. The van der Waals surface area contributed by atoms with Crippen molar-refractivity contribution in [1.29, 1.82) is 0 Å². The van der Waals surface area contributed by atoms with E-state index in [0.29, 0.717) is 12.3 Å². The van der Waals surface area contributed by atoms with Gasteiger partial charge in [-0.1, -0.05) is 68.4 Å². The number of hydrogen-bond acceptors (Lipinski definition) is 2. The Bertz CT molecular complexity index is 820. The molecule has 0 atom stereocenters. The van der Waals surface area contributed by atoms with Gasteiger partial charge in [-0.05, 0) is 22.6 Å². The molecule has 128 valence electrons. The van der Waals surface area contributed by atoms with Gasteiger partial charge in [-0.3, -0.25) is 4.79 Å². The molecule has 0 aliphatic rings. The molecule has 1 heterocycles. The number of hydrogen-bond donors (Lipinski definition) is 1. The smallest absolute Gasteiger partial charge is 0.229 e. The zero-order chi connectivity index (χ0) is 17.6. The van der Waals surface area contributed by atoms with Gasteiger partial charge in [0.2, 0.25) is 5.91 Å². The van der Waals surface area contributed by atoms with Crippen molar-refractivity contribution >= 4 is 11.7 Å². The normalized spacial score (nSPS) is 10.8. The first-order valence-electron chi connectivity index (χ1n) is 8.58. The van der Waals surface area contributed by atoms with E-state index in [1.54, 1.807) is 6.20 Å². The second-order valence-corrected chi connectivity index (χ2v) is 6.58. The summed E-state index contributed by atoms with van der Waals surface area (Å²) in [7, 11) is 0. The third-order valence-electron chi connectivity index (χ3n) is 3.95. The first kappa shape index (κ1) is 17.0. The molecule has 3 aromatic rings. The van der Waals surface area contributed by atoms with Crippen molar-refractivity contribution in [1.82, 2.24) is 9.78 Å². The van der Waals surface area contributed by atoms with Gasteiger partial charge in [-0.15, -0.1) is 0 Å². The molecule has 0 bridgehead atoms. The van der Waals surface area contributed by atoms with Gasteiger partial charge in [0, 0.05) is 12.6 Å². The molecule has 0 saturated heterocycles. The van der Waals surface area contributed by atoms with Crippen LogP contribution in [0.3, 0.4) is 0 Å². The zero-order valence-corrected chi connectivity index (χ0v) is 14.6. The molecule has 1 N–H and O–H groups in total. The van der Waals surface area contributed by atoms with E-state index < -0.39 is 0 Å². The van der Waals surface area contributed by atoms with Crippen molar-refractivity contribution < 1.29 is 4.79 Å². The Balaban J connectivity index is 1.63. The summed E-state index contributed by atoms with van der Waals surface area (Å²) in [5.74, 6) is 1.19.